The summed E-state index contributed by atoms with van der Waals surface area (Å²) < 4.78 is 0. The molecule has 0 spiro atoms. The van der Waals surface area contributed by atoms with Gasteiger partial charge in [0.1, 0.15) is 0 Å². The molecule has 0 aromatic heterocycles. The fourth-order valence-corrected chi connectivity index (χ4v) is 2.49. The van der Waals surface area contributed by atoms with E-state index < -0.39 is 0 Å². The van der Waals surface area contributed by atoms with E-state index in [1.165, 1.54) is 5.56 Å². The Morgan fingerprint density at radius 1 is 1.32 bits per heavy atom. The van der Waals surface area contributed by atoms with E-state index in [9.17, 15) is 4.79 Å². The third-order valence-electron chi connectivity index (χ3n) is 3.46. The second-order valence-electron chi connectivity index (χ2n) is 5.14. The summed E-state index contributed by atoms with van der Waals surface area (Å²) in [5.74, 6) is 0.167. The SMILES string of the molecule is CCCN(Cc1ccccc1)C(=O)C1C=CC(N)C1. The minimum Gasteiger partial charge on any atom is -0.338 e. The number of amides is 1. The molecule has 0 bridgehead atoms. The Labute approximate surface area is 115 Å². The lowest BCUT2D eigenvalue weighted by Crippen LogP contribution is -2.36. The van der Waals surface area contributed by atoms with Gasteiger partial charge in [-0.3, -0.25) is 4.79 Å². The smallest absolute Gasteiger partial charge is 0.229 e. The van der Waals surface area contributed by atoms with Crippen LogP contribution in [-0.4, -0.2) is 23.4 Å². The highest BCUT2D eigenvalue weighted by molar-refractivity contribution is 5.81. The molecule has 2 unspecified atom stereocenters. The van der Waals surface area contributed by atoms with E-state index in [1.54, 1.807) is 0 Å². The van der Waals surface area contributed by atoms with Gasteiger partial charge in [-0.15, -0.1) is 0 Å². The van der Waals surface area contributed by atoms with E-state index in [0.29, 0.717) is 6.54 Å². The first-order valence-corrected chi connectivity index (χ1v) is 6.97. The molecule has 3 heteroatoms. The first-order valence-electron chi connectivity index (χ1n) is 6.97. The molecular formula is C16H22N2O. The van der Waals surface area contributed by atoms with Crippen LogP contribution in [0.15, 0.2) is 42.5 Å². The fraction of sp³-hybridized carbons (Fsp3) is 0.438. The normalized spacial score (nSPS) is 21.6. The Morgan fingerprint density at radius 2 is 2.05 bits per heavy atom. The number of nitrogens with two attached hydrogens (primary N) is 1. The van der Waals surface area contributed by atoms with E-state index >= 15 is 0 Å². The minimum atomic E-state index is -0.0368. The standard InChI is InChI=1S/C16H22N2O/c1-2-10-18(12-13-6-4-3-5-7-13)16(19)14-8-9-15(17)11-14/h3-9,14-15H,2,10-12,17H2,1H3. The van der Waals surface area contributed by atoms with Crippen molar-refractivity contribution in [2.45, 2.75) is 32.4 Å². The summed E-state index contributed by atoms with van der Waals surface area (Å²) in [5, 5.41) is 0. The van der Waals surface area contributed by atoms with Crippen molar-refractivity contribution in [3.8, 4) is 0 Å². The van der Waals surface area contributed by atoms with Crippen LogP contribution >= 0.6 is 0 Å². The predicted octanol–water partition coefficient (Wildman–Crippen LogP) is 2.33. The molecule has 2 N–H and O–H groups in total. The van der Waals surface area contributed by atoms with Gasteiger partial charge in [0.25, 0.3) is 0 Å². The maximum atomic E-state index is 12.5. The zero-order valence-corrected chi connectivity index (χ0v) is 11.5. The van der Waals surface area contributed by atoms with Crippen molar-refractivity contribution >= 4 is 5.91 Å². The third-order valence-corrected chi connectivity index (χ3v) is 3.46. The third kappa shape index (κ3) is 3.67. The summed E-state index contributed by atoms with van der Waals surface area (Å²) in [4.78, 5) is 14.5. The van der Waals surface area contributed by atoms with Gasteiger partial charge in [-0.1, -0.05) is 49.4 Å². The first-order chi connectivity index (χ1) is 9.20. The molecule has 0 heterocycles. The molecule has 102 valence electrons. The lowest BCUT2D eigenvalue weighted by Gasteiger charge is -2.25. The Bertz CT molecular complexity index is 441. The summed E-state index contributed by atoms with van der Waals surface area (Å²) in [7, 11) is 0. The number of carbonyl (C=O) groups is 1. The van der Waals surface area contributed by atoms with Crippen LogP contribution in [0.4, 0.5) is 0 Å². The van der Waals surface area contributed by atoms with Gasteiger partial charge < -0.3 is 10.6 Å². The van der Waals surface area contributed by atoms with Gasteiger partial charge >= 0.3 is 0 Å². The molecule has 0 saturated carbocycles. The molecule has 19 heavy (non-hydrogen) atoms. The molecular weight excluding hydrogens is 236 g/mol. The fourth-order valence-electron chi connectivity index (χ4n) is 2.49. The van der Waals surface area contributed by atoms with Gasteiger partial charge in [0.2, 0.25) is 5.91 Å². The molecule has 2 rings (SSSR count). The molecule has 1 aliphatic rings. The van der Waals surface area contributed by atoms with Crippen molar-refractivity contribution < 1.29 is 4.79 Å². The van der Waals surface area contributed by atoms with E-state index in [2.05, 4.69) is 19.1 Å². The maximum absolute atomic E-state index is 12.5. The number of hydrogen-bond donors (Lipinski definition) is 1. The van der Waals surface area contributed by atoms with Crippen LogP contribution in [0.1, 0.15) is 25.3 Å². The molecule has 0 fully saturated rings. The van der Waals surface area contributed by atoms with Crippen molar-refractivity contribution in [1.82, 2.24) is 4.90 Å². The second-order valence-corrected chi connectivity index (χ2v) is 5.14. The largest absolute Gasteiger partial charge is 0.338 e. The summed E-state index contributed by atoms with van der Waals surface area (Å²) >= 11 is 0. The summed E-state index contributed by atoms with van der Waals surface area (Å²) in [6, 6.07) is 10.2. The van der Waals surface area contributed by atoms with Crippen LogP contribution in [0.2, 0.25) is 0 Å². The van der Waals surface area contributed by atoms with Gasteiger partial charge in [-0.25, -0.2) is 0 Å². The average molecular weight is 258 g/mol. The Hall–Kier alpha value is -1.61. The van der Waals surface area contributed by atoms with Crippen molar-refractivity contribution in [1.29, 1.82) is 0 Å². The second kappa shape index (κ2) is 6.53. The van der Waals surface area contributed by atoms with Crippen molar-refractivity contribution in [3.63, 3.8) is 0 Å². The van der Waals surface area contributed by atoms with E-state index in [1.807, 2.05) is 35.3 Å². The number of rotatable bonds is 5. The predicted molar refractivity (Wildman–Crippen MR) is 77.4 cm³/mol. The number of nitrogens with zero attached hydrogens (tertiary/aromatic N) is 1. The van der Waals surface area contributed by atoms with Crippen LogP contribution < -0.4 is 5.73 Å². The zero-order valence-electron chi connectivity index (χ0n) is 11.5. The highest BCUT2D eigenvalue weighted by Crippen LogP contribution is 2.20. The van der Waals surface area contributed by atoms with Crippen LogP contribution in [0.3, 0.4) is 0 Å². The van der Waals surface area contributed by atoms with Gasteiger partial charge in [0, 0.05) is 19.1 Å². The zero-order chi connectivity index (χ0) is 13.7. The van der Waals surface area contributed by atoms with Crippen molar-refractivity contribution in [2.75, 3.05) is 6.54 Å². The maximum Gasteiger partial charge on any atom is 0.229 e. The quantitative estimate of drug-likeness (QED) is 0.824. The lowest BCUT2D eigenvalue weighted by molar-refractivity contribution is -0.134. The van der Waals surface area contributed by atoms with E-state index in [0.717, 1.165) is 19.4 Å². The van der Waals surface area contributed by atoms with Gasteiger partial charge in [-0.05, 0) is 18.4 Å². The molecule has 2 atom stereocenters. The summed E-state index contributed by atoms with van der Waals surface area (Å²) in [6.07, 6.45) is 5.62. The number of hydrogen-bond acceptors (Lipinski definition) is 2. The topological polar surface area (TPSA) is 46.3 Å². The van der Waals surface area contributed by atoms with Gasteiger partial charge in [0.15, 0.2) is 0 Å². The molecule has 0 aliphatic heterocycles. The Kier molecular flexibility index (Phi) is 4.74. The number of benzene rings is 1. The highest BCUT2D eigenvalue weighted by Gasteiger charge is 2.26. The van der Waals surface area contributed by atoms with Crippen LogP contribution in [0.25, 0.3) is 0 Å². The van der Waals surface area contributed by atoms with E-state index in [-0.39, 0.29) is 17.9 Å². The monoisotopic (exact) mass is 258 g/mol. The first kappa shape index (κ1) is 13.8. The Balaban J connectivity index is 2.03. The molecule has 0 saturated heterocycles. The minimum absolute atomic E-state index is 0.0363. The van der Waals surface area contributed by atoms with Crippen molar-refractivity contribution in [2.24, 2.45) is 11.7 Å². The highest BCUT2D eigenvalue weighted by atomic mass is 16.2. The molecule has 1 aromatic rings. The van der Waals surface area contributed by atoms with Gasteiger partial charge in [0.05, 0.1) is 5.92 Å². The molecule has 3 nitrogen and oxygen atoms in total. The van der Waals surface area contributed by atoms with Crippen LogP contribution in [0.5, 0.6) is 0 Å². The van der Waals surface area contributed by atoms with E-state index in [4.69, 9.17) is 5.73 Å². The molecule has 1 aromatic carbocycles. The summed E-state index contributed by atoms with van der Waals surface area (Å²) in [6.45, 7) is 3.59. The molecule has 1 amide bonds. The number of carbonyl (C=O) groups excluding carboxylic acids is 1. The molecule has 0 radical (unpaired) electrons. The molecule has 1 aliphatic carbocycles. The lowest BCUT2D eigenvalue weighted by atomic mass is 10.1. The summed E-state index contributed by atoms with van der Waals surface area (Å²) in [5.41, 5.74) is 7.01. The Morgan fingerprint density at radius 3 is 2.63 bits per heavy atom. The van der Waals surface area contributed by atoms with Gasteiger partial charge in [-0.2, -0.15) is 0 Å². The van der Waals surface area contributed by atoms with Crippen LogP contribution in [0, 0.1) is 5.92 Å². The van der Waals surface area contributed by atoms with Crippen LogP contribution in [-0.2, 0) is 11.3 Å². The van der Waals surface area contributed by atoms with Crippen molar-refractivity contribution in [3.05, 3.63) is 48.0 Å². The average Bonchev–Trinajstić information content (AvgIpc) is 2.85.